The molecular weight excluding hydrogens is 284 g/mol. The van der Waals surface area contributed by atoms with E-state index in [1.54, 1.807) is 37.4 Å². The number of alkyl halides is 2. The molecule has 0 radical (unpaired) electrons. The molecular formula is C15H14ClF2NO. The van der Waals surface area contributed by atoms with E-state index in [-0.39, 0.29) is 5.56 Å². The maximum atomic E-state index is 12.6. The fourth-order valence-corrected chi connectivity index (χ4v) is 1.99. The van der Waals surface area contributed by atoms with Gasteiger partial charge in [-0.05, 0) is 23.8 Å². The van der Waals surface area contributed by atoms with Crippen LogP contribution in [0.5, 0.6) is 5.75 Å². The highest BCUT2D eigenvalue weighted by atomic mass is 35.5. The first kappa shape index (κ1) is 14.6. The summed E-state index contributed by atoms with van der Waals surface area (Å²) in [5, 5.41) is 3.66. The molecule has 2 aromatic carbocycles. The van der Waals surface area contributed by atoms with Crippen molar-refractivity contribution in [2.75, 3.05) is 12.4 Å². The van der Waals surface area contributed by atoms with Crippen molar-refractivity contribution in [3.8, 4) is 5.75 Å². The van der Waals surface area contributed by atoms with Gasteiger partial charge >= 0.3 is 0 Å². The van der Waals surface area contributed by atoms with Gasteiger partial charge in [-0.25, -0.2) is 8.78 Å². The lowest BCUT2D eigenvalue weighted by molar-refractivity contribution is 0.151. The van der Waals surface area contributed by atoms with E-state index in [4.69, 9.17) is 16.3 Å². The van der Waals surface area contributed by atoms with Crippen LogP contribution in [0.25, 0.3) is 0 Å². The van der Waals surface area contributed by atoms with Gasteiger partial charge in [0.1, 0.15) is 5.75 Å². The van der Waals surface area contributed by atoms with E-state index in [1.807, 2.05) is 0 Å². The number of hydrogen-bond acceptors (Lipinski definition) is 2. The van der Waals surface area contributed by atoms with E-state index in [0.29, 0.717) is 23.0 Å². The molecule has 5 heteroatoms. The van der Waals surface area contributed by atoms with Crippen LogP contribution < -0.4 is 10.1 Å². The van der Waals surface area contributed by atoms with Crippen molar-refractivity contribution >= 4 is 17.3 Å². The van der Waals surface area contributed by atoms with Crippen LogP contribution >= 0.6 is 11.6 Å². The molecule has 0 amide bonds. The Hall–Kier alpha value is -1.81. The maximum Gasteiger partial charge on any atom is 0.263 e. The van der Waals surface area contributed by atoms with Gasteiger partial charge in [0, 0.05) is 18.2 Å². The number of nitrogens with one attached hydrogen (secondary N) is 1. The smallest absolute Gasteiger partial charge is 0.263 e. The van der Waals surface area contributed by atoms with Crippen molar-refractivity contribution in [3.05, 3.63) is 58.6 Å². The van der Waals surface area contributed by atoms with E-state index in [0.717, 1.165) is 5.56 Å². The molecule has 0 aliphatic carbocycles. The van der Waals surface area contributed by atoms with E-state index in [1.165, 1.54) is 12.1 Å². The average Bonchev–Trinajstić information content (AvgIpc) is 2.46. The zero-order valence-corrected chi connectivity index (χ0v) is 11.6. The Kier molecular flexibility index (Phi) is 4.79. The highest BCUT2D eigenvalue weighted by Crippen LogP contribution is 2.27. The number of methoxy groups -OCH3 is 1. The lowest BCUT2D eigenvalue weighted by atomic mass is 10.1. The van der Waals surface area contributed by atoms with Gasteiger partial charge in [-0.15, -0.1) is 0 Å². The summed E-state index contributed by atoms with van der Waals surface area (Å²) < 4.78 is 30.3. The van der Waals surface area contributed by atoms with Crippen LogP contribution in [0.15, 0.2) is 42.5 Å². The molecule has 1 N–H and O–H groups in total. The Morgan fingerprint density at radius 2 is 2.00 bits per heavy atom. The standard InChI is InChI=1S/C15H14ClF2NO/c1-20-12-5-6-13(16)14(8-12)19-9-10-3-2-4-11(7-10)15(17)18/h2-8,15,19H,9H2,1H3. The Morgan fingerprint density at radius 1 is 1.20 bits per heavy atom. The fraction of sp³-hybridized carbons (Fsp3) is 0.200. The van der Waals surface area contributed by atoms with Gasteiger partial charge in [0.15, 0.2) is 0 Å². The first-order valence-electron chi connectivity index (χ1n) is 6.04. The second-order valence-corrected chi connectivity index (χ2v) is 4.65. The number of anilines is 1. The van der Waals surface area contributed by atoms with Gasteiger partial charge in [-0.3, -0.25) is 0 Å². The Balaban J connectivity index is 2.10. The largest absolute Gasteiger partial charge is 0.497 e. The lowest BCUT2D eigenvalue weighted by Crippen LogP contribution is -2.01. The second kappa shape index (κ2) is 6.57. The summed E-state index contributed by atoms with van der Waals surface area (Å²) in [6.07, 6.45) is -2.46. The van der Waals surface area contributed by atoms with Crippen LogP contribution in [0.3, 0.4) is 0 Å². The van der Waals surface area contributed by atoms with E-state index < -0.39 is 6.43 Å². The molecule has 0 aliphatic rings. The number of ether oxygens (including phenoxy) is 1. The SMILES string of the molecule is COc1ccc(Cl)c(NCc2cccc(C(F)F)c2)c1. The van der Waals surface area contributed by atoms with Crippen LogP contribution in [0.2, 0.25) is 5.02 Å². The predicted molar refractivity (Wildman–Crippen MR) is 76.7 cm³/mol. The first-order chi connectivity index (χ1) is 9.60. The zero-order chi connectivity index (χ0) is 14.5. The summed E-state index contributed by atoms with van der Waals surface area (Å²) in [6.45, 7) is 0.410. The summed E-state index contributed by atoms with van der Waals surface area (Å²) in [4.78, 5) is 0. The van der Waals surface area contributed by atoms with Crippen molar-refractivity contribution in [2.24, 2.45) is 0 Å². The van der Waals surface area contributed by atoms with Crippen molar-refractivity contribution in [1.29, 1.82) is 0 Å². The molecule has 0 atom stereocenters. The Morgan fingerprint density at radius 3 is 2.70 bits per heavy atom. The maximum absolute atomic E-state index is 12.6. The molecule has 2 nitrogen and oxygen atoms in total. The number of hydrogen-bond donors (Lipinski definition) is 1. The Bertz CT molecular complexity index is 590. The van der Waals surface area contributed by atoms with Gasteiger partial charge in [0.2, 0.25) is 0 Å². The number of benzene rings is 2. The van der Waals surface area contributed by atoms with Gasteiger partial charge in [0.25, 0.3) is 6.43 Å². The molecule has 20 heavy (non-hydrogen) atoms. The number of halogens is 3. The van der Waals surface area contributed by atoms with Crippen molar-refractivity contribution in [1.82, 2.24) is 0 Å². The average molecular weight is 298 g/mol. The third-order valence-electron chi connectivity index (χ3n) is 2.86. The van der Waals surface area contributed by atoms with Crippen molar-refractivity contribution in [3.63, 3.8) is 0 Å². The fourth-order valence-electron chi connectivity index (χ4n) is 1.80. The number of rotatable bonds is 5. The normalized spacial score (nSPS) is 10.7. The van der Waals surface area contributed by atoms with Crippen LogP contribution in [0.4, 0.5) is 14.5 Å². The minimum atomic E-state index is -2.46. The summed E-state index contributed by atoms with van der Waals surface area (Å²) in [7, 11) is 1.57. The molecule has 2 aromatic rings. The molecule has 0 saturated heterocycles. The van der Waals surface area contributed by atoms with Crippen LogP contribution in [-0.2, 0) is 6.54 Å². The minimum Gasteiger partial charge on any atom is -0.497 e. The summed E-state index contributed by atoms with van der Waals surface area (Å²) >= 11 is 6.06. The molecule has 0 aromatic heterocycles. The third kappa shape index (κ3) is 3.61. The monoisotopic (exact) mass is 297 g/mol. The zero-order valence-electron chi connectivity index (χ0n) is 10.9. The van der Waals surface area contributed by atoms with E-state index in [9.17, 15) is 8.78 Å². The lowest BCUT2D eigenvalue weighted by Gasteiger charge is -2.11. The van der Waals surface area contributed by atoms with Crippen LogP contribution in [0, 0.1) is 0 Å². The van der Waals surface area contributed by atoms with Crippen molar-refractivity contribution < 1.29 is 13.5 Å². The third-order valence-corrected chi connectivity index (χ3v) is 3.19. The minimum absolute atomic E-state index is 0.0149. The predicted octanol–water partition coefficient (Wildman–Crippen LogP) is 4.90. The van der Waals surface area contributed by atoms with Gasteiger partial charge < -0.3 is 10.1 Å². The highest BCUT2D eigenvalue weighted by Gasteiger charge is 2.07. The molecule has 0 saturated carbocycles. The summed E-state index contributed by atoms with van der Waals surface area (Å²) in [5.74, 6) is 0.679. The van der Waals surface area contributed by atoms with E-state index >= 15 is 0 Å². The molecule has 106 valence electrons. The molecule has 0 bridgehead atoms. The van der Waals surface area contributed by atoms with Crippen LogP contribution in [0.1, 0.15) is 17.6 Å². The topological polar surface area (TPSA) is 21.3 Å². The molecule has 0 unspecified atom stereocenters. The quantitative estimate of drug-likeness (QED) is 0.847. The highest BCUT2D eigenvalue weighted by molar-refractivity contribution is 6.33. The van der Waals surface area contributed by atoms with Gasteiger partial charge in [-0.1, -0.05) is 29.8 Å². The summed E-state index contributed by atoms with van der Waals surface area (Å²) in [5.41, 5.74) is 1.48. The second-order valence-electron chi connectivity index (χ2n) is 4.25. The van der Waals surface area contributed by atoms with Gasteiger partial charge in [-0.2, -0.15) is 0 Å². The summed E-state index contributed by atoms with van der Waals surface area (Å²) in [6, 6.07) is 11.5. The molecule has 0 aliphatic heterocycles. The molecule has 0 fully saturated rings. The Labute approximate surface area is 121 Å². The van der Waals surface area contributed by atoms with Crippen molar-refractivity contribution in [2.45, 2.75) is 13.0 Å². The first-order valence-corrected chi connectivity index (χ1v) is 6.42. The van der Waals surface area contributed by atoms with Gasteiger partial charge in [0.05, 0.1) is 17.8 Å². The molecule has 2 rings (SSSR count). The van der Waals surface area contributed by atoms with Crippen LogP contribution in [-0.4, -0.2) is 7.11 Å². The van der Waals surface area contributed by atoms with E-state index in [2.05, 4.69) is 5.32 Å². The molecule has 0 heterocycles. The molecule has 0 spiro atoms.